The molecule has 0 amide bonds. The van der Waals surface area contributed by atoms with Gasteiger partial charge in [-0.05, 0) is 51.7 Å². The van der Waals surface area contributed by atoms with Gasteiger partial charge in [-0.2, -0.15) is 0 Å². The second-order valence-electron chi connectivity index (χ2n) is 7.78. The Balaban J connectivity index is 0.00000243. The fourth-order valence-corrected chi connectivity index (χ4v) is 4.03. The third-order valence-electron chi connectivity index (χ3n) is 5.23. The molecule has 1 aromatic heterocycles. The van der Waals surface area contributed by atoms with Crippen LogP contribution in [0.5, 0.6) is 0 Å². The van der Waals surface area contributed by atoms with Crippen LogP contribution in [0.2, 0.25) is 0 Å². The van der Waals surface area contributed by atoms with Gasteiger partial charge in [0.15, 0.2) is 5.96 Å². The molecule has 2 aliphatic rings. The lowest BCUT2D eigenvalue weighted by Gasteiger charge is -2.44. The zero-order valence-corrected chi connectivity index (χ0v) is 18.5. The summed E-state index contributed by atoms with van der Waals surface area (Å²) >= 11 is 0. The van der Waals surface area contributed by atoms with Crippen molar-refractivity contribution < 1.29 is 9.15 Å². The van der Waals surface area contributed by atoms with Crippen LogP contribution in [0.4, 0.5) is 0 Å². The number of hydrogen-bond acceptors (Lipinski definition) is 3. The summed E-state index contributed by atoms with van der Waals surface area (Å²) in [4.78, 5) is 4.76. The Bertz CT molecular complexity index is 534. The van der Waals surface area contributed by atoms with E-state index in [0.29, 0.717) is 12.1 Å². The average Bonchev–Trinajstić information content (AvgIpc) is 3.08. The van der Waals surface area contributed by atoms with Crippen molar-refractivity contribution in [3.8, 4) is 0 Å². The van der Waals surface area contributed by atoms with Gasteiger partial charge in [-0.25, -0.2) is 0 Å². The number of halogens is 1. The Kier molecular flexibility index (Phi) is 8.73. The standard InChI is InChI=1S/C20H33N3O2.HI/c1-16(2)22-19(21-12-8-18-7-6-13-24-18)23-17-9-14-25-20(15-17)10-4-3-5-11-20;/h6-7,13,16-17H,3-5,8-12,14-15H2,1-2H3,(H2,21,22,23);1H. The molecule has 1 aliphatic heterocycles. The number of nitrogens with one attached hydrogen (secondary N) is 2. The molecule has 0 radical (unpaired) electrons. The molecule has 1 atom stereocenters. The largest absolute Gasteiger partial charge is 0.469 e. The lowest BCUT2D eigenvalue weighted by atomic mass is 9.78. The van der Waals surface area contributed by atoms with Crippen molar-refractivity contribution in [2.75, 3.05) is 13.2 Å². The van der Waals surface area contributed by atoms with Crippen LogP contribution in [0, 0.1) is 0 Å². The van der Waals surface area contributed by atoms with Crippen molar-refractivity contribution in [1.29, 1.82) is 0 Å². The summed E-state index contributed by atoms with van der Waals surface area (Å²) in [7, 11) is 0. The van der Waals surface area contributed by atoms with E-state index in [1.54, 1.807) is 6.26 Å². The van der Waals surface area contributed by atoms with E-state index in [9.17, 15) is 0 Å². The molecule has 1 aromatic rings. The Labute approximate surface area is 174 Å². The normalized spacial score (nSPS) is 22.9. The first-order chi connectivity index (χ1) is 12.2. The third kappa shape index (κ3) is 6.44. The number of ether oxygens (including phenoxy) is 1. The summed E-state index contributed by atoms with van der Waals surface area (Å²) in [5.74, 6) is 1.90. The van der Waals surface area contributed by atoms with Crippen LogP contribution in [0.15, 0.2) is 27.8 Å². The van der Waals surface area contributed by atoms with E-state index < -0.39 is 0 Å². The quantitative estimate of drug-likeness (QED) is 0.380. The van der Waals surface area contributed by atoms with E-state index in [-0.39, 0.29) is 29.6 Å². The molecule has 26 heavy (non-hydrogen) atoms. The topological polar surface area (TPSA) is 58.8 Å². The van der Waals surface area contributed by atoms with Gasteiger partial charge in [-0.3, -0.25) is 4.99 Å². The first-order valence-corrected chi connectivity index (χ1v) is 9.89. The molecule has 148 valence electrons. The van der Waals surface area contributed by atoms with Crippen LogP contribution >= 0.6 is 24.0 Å². The maximum Gasteiger partial charge on any atom is 0.191 e. The molecule has 2 fully saturated rings. The predicted octanol–water partition coefficient (Wildman–Crippen LogP) is 4.27. The summed E-state index contributed by atoms with van der Waals surface area (Å²) in [5, 5.41) is 7.13. The molecule has 5 nitrogen and oxygen atoms in total. The highest BCUT2D eigenvalue weighted by molar-refractivity contribution is 14.0. The zero-order chi connectivity index (χ0) is 17.5. The van der Waals surface area contributed by atoms with Crippen molar-refractivity contribution in [2.24, 2.45) is 4.99 Å². The minimum Gasteiger partial charge on any atom is -0.469 e. The van der Waals surface area contributed by atoms with E-state index >= 15 is 0 Å². The van der Waals surface area contributed by atoms with Crippen LogP contribution in [-0.2, 0) is 11.2 Å². The predicted molar refractivity (Wildman–Crippen MR) is 116 cm³/mol. The van der Waals surface area contributed by atoms with Crippen LogP contribution in [0.3, 0.4) is 0 Å². The second kappa shape index (κ2) is 10.5. The molecule has 1 unspecified atom stereocenters. The molecule has 0 aromatic carbocycles. The first kappa shape index (κ1) is 21.5. The minimum atomic E-state index is 0. The number of aliphatic imine (C=N–C) groups is 1. The van der Waals surface area contributed by atoms with Crippen LogP contribution in [0.1, 0.15) is 64.6 Å². The summed E-state index contributed by atoms with van der Waals surface area (Å²) < 4.78 is 11.6. The third-order valence-corrected chi connectivity index (χ3v) is 5.23. The van der Waals surface area contributed by atoms with Crippen LogP contribution in [-0.4, -0.2) is 36.8 Å². The zero-order valence-electron chi connectivity index (χ0n) is 16.1. The molecule has 1 saturated carbocycles. The summed E-state index contributed by atoms with van der Waals surface area (Å²) in [6.07, 6.45) is 11.1. The van der Waals surface area contributed by atoms with Gasteiger partial charge >= 0.3 is 0 Å². The lowest BCUT2D eigenvalue weighted by molar-refractivity contribution is -0.107. The summed E-state index contributed by atoms with van der Waals surface area (Å²) in [6, 6.07) is 4.74. The number of rotatable bonds is 5. The van der Waals surface area contributed by atoms with Gasteiger partial charge in [-0.15, -0.1) is 24.0 Å². The monoisotopic (exact) mass is 475 g/mol. The number of hydrogen-bond donors (Lipinski definition) is 2. The fraction of sp³-hybridized carbons (Fsp3) is 0.750. The molecule has 2 heterocycles. The van der Waals surface area contributed by atoms with Crippen molar-refractivity contribution in [2.45, 2.75) is 82.9 Å². The minimum absolute atomic E-state index is 0. The SMILES string of the molecule is CC(C)NC(=NCCc1ccco1)NC1CCOC2(CCCCC2)C1.I. The number of furan rings is 1. The second-order valence-corrected chi connectivity index (χ2v) is 7.78. The maximum atomic E-state index is 6.22. The molecule has 3 rings (SSSR count). The number of guanidine groups is 1. The fourth-order valence-electron chi connectivity index (χ4n) is 4.03. The Morgan fingerprint density at radius 3 is 2.81 bits per heavy atom. The van der Waals surface area contributed by atoms with Crippen molar-refractivity contribution in [3.63, 3.8) is 0 Å². The molecular formula is C20H34IN3O2. The highest BCUT2D eigenvalue weighted by atomic mass is 127. The Morgan fingerprint density at radius 1 is 1.31 bits per heavy atom. The van der Waals surface area contributed by atoms with Crippen molar-refractivity contribution >= 4 is 29.9 Å². The van der Waals surface area contributed by atoms with Gasteiger partial charge in [0.25, 0.3) is 0 Å². The molecule has 1 aliphatic carbocycles. The van der Waals surface area contributed by atoms with E-state index in [4.69, 9.17) is 14.1 Å². The average molecular weight is 475 g/mol. The maximum absolute atomic E-state index is 6.22. The molecule has 2 N–H and O–H groups in total. The molecule has 1 spiro atoms. The van der Waals surface area contributed by atoms with E-state index in [1.807, 2.05) is 12.1 Å². The molecule has 1 saturated heterocycles. The van der Waals surface area contributed by atoms with E-state index in [1.165, 1.54) is 32.1 Å². The molecular weight excluding hydrogens is 441 g/mol. The van der Waals surface area contributed by atoms with Crippen molar-refractivity contribution in [1.82, 2.24) is 10.6 Å². The van der Waals surface area contributed by atoms with Gasteiger partial charge in [0, 0.05) is 31.7 Å². The van der Waals surface area contributed by atoms with Crippen molar-refractivity contribution in [3.05, 3.63) is 24.2 Å². The lowest BCUT2D eigenvalue weighted by Crippen LogP contribution is -2.53. The highest BCUT2D eigenvalue weighted by Crippen LogP contribution is 2.38. The first-order valence-electron chi connectivity index (χ1n) is 9.89. The van der Waals surface area contributed by atoms with E-state index in [0.717, 1.165) is 44.1 Å². The Hall–Kier alpha value is -0.760. The van der Waals surface area contributed by atoms with Gasteiger partial charge < -0.3 is 19.8 Å². The Morgan fingerprint density at radius 2 is 2.12 bits per heavy atom. The van der Waals surface area contributed by atoms with Gasteiger partial charge in [0.2, 0.25) is 0 Å². The summed E-state index contributed by atoms with van der Waals surface area (Å²) in [5.41, 5.74) is 0.116. The van der Waals surface area contributed by atoms with Crippen LogP contribution < -0.4 is 10.6 Å². The van der Waals surface area contributed by atoms with Crippen LogP contribution in [0.25, 0.3) is 0 Å². The smallest absolute Gasteiger partial charge is 0.191 e. The van der Waals surface area contributed by atoms with Gasteiger partial charge in [0.1, 0.15) is 5.76 Å². The number of nitrogens with zero attached hydrogens (tertiary/aromatic N) is 1. The van der Waals surface area contributed by atoms with Gasteiger partial charge in [0.05, 0.1) is 11.9 Å². The highest BCUT2D eigenvalue weighted by Gasteiger charge is 2.38. The summed E-state index contributed by atoms with van der Waals surface area (Å²) in [6.45, 7) is 5.88. The molecule has 0 bridgehead atoms. The van der Waals surface area contributed by atoms with Gasteiger partial charge in [-0.1, -0.05) is 19.3 Å². The van der Waals surface area contributed by atoms with E-state index in [2.05, 4.69) is 24.5 Å². The molecule has 6 heteroatoms.